The normalized spacial score (nSPS) is 8.36. The maximum absolute atomic E-state index is 4.20. The monoisotopic (exact) mass is 209 g/mol. The first-order chi connectivity index (χ1) is 6.86. The van der Waals surface area contributed by atoms with E-state index in [4.69, 9.17) is 0 Å². The smallest absolute Gasteiger partial charge is 0.0814 e. The third-order valence-corrected chi connectivity index (χ3v) is 2.30. The summed E-state index contributed by atoms with van der Waals surface area (Å²) in [6.07, 6.45) is 0. The predicted molar refractivity (Wildman–Crippen MR) is 67.1 cm³/mol. The Balaban J connectivity index is 0.000000379. The fraction of sp³-hybridized carbons (Fsp3) is 0.417. The van der Waals surface area contributed by atoms with Crippen molar-refractivity contribution in [2.75, 3.05) is 0 Å². The van der Waals surface area contributed by atoms with Gasteiger partial charge in [0.15, 0.2) is 0 Å². The molecule has 0 fully saturated rings. The zero-order valence-electron chi connectivity index (χ0n) is 9.66. The van der Waals surface area contributed by atoms with Crippen LogP contribution in [0, 0.1) is 6.92 Å². The summed E-state index contributed by atoms with van der Waals surface area (Å²) in [6.45, 7) is 10.1. The molecule has 0 aliphatic heterocycles. The quantitative estimate of drug-likeness (QED) is 0.615. The van der Waals surface area contributed by atoms with Crippen LogP contribution in [0.25, 0.3) is 10.2 Å². The lowest BCUT2D eigenvalue weighted by Crippen LogP contribution is -1.69. The second kappa shape index (κ2) is 7.51. The molecule has 0 saturated heterocycles. The van der Waals surface area contributed by atoms with Crippen LogP contribution in [0.15, 0.2) is 23.7 Å². The van der Waals surface area contributed by atoms with Crippen molar-refractivity contribution in [3.8, 4) is 0 Å². The van der Waals surface area contributed by atoms with Crippen molar-refractivity contribution >= 4 is 21.6 Å². The molecule has 0 aliphatic carbocycles. The highest BCUT2D eigenvalue weighted by atomic mass is 32.1. The molecule has 0 unspecified atom stereocenters. The van der Waals surface area contributed by atoms with Gasteiger partial charge in [-0.15, -0.1) is 11.3 Å². The number of aryl methyl sites for hydroxylation is 1. The van der Waals surface area contributed by atoms with Crippen LogP contribution in [-0.4, -0.2) is 4.98 Å². The van der Waals surface area contributed by atoms with Gasteiger partial charge in [-0.3, -0.25) is 0 Å². The minimum absolute atomic E-state index is 1.12. The molecule has 0 aliphatic rings. The molecule has 1 aromatic carbocycles. The van der Waals surface area contributed by atoms with Crippen LogP contribution in [0.5, 0.6) is 0 Å². The molecule has 0 amide bonds. The van der Waals surface area contributed by atoms with E-state index in [0.717, 1.165) is 5.52 Å². The summed E-state index contributed by atoms with van der Waals surface area (Å²) in [7, 11) is 0. The molecule has 0 radical (unpaired) electrons. The highest BCUT2D eigenvalue weighted by Crippen LogP contribution is 2.17. The summed E-state index contributed by atoms with van der Waals surface area (Å²) in [5.74, 6) is 0. The van der Waals surface area contributed by atoms with E-state index in [1.807, 2.05) is 33.2 Å². The second-order valence-electron chi connectivity index (χ2n) is 2.32. The zero-order valence-corrected chi connectivity index (χ0v) is 10.5. The Morgan fingerprint density at radius 2 is 1.71 bits per heavy atom. The Bertz CT molecular complexity index is 352. The van der Waals surface area contributed by atoms with Crippen molar-refractivity contribution in [1.82, 2.24) is 4.98 Å². The summed E-state index contributed by atoms with van der Waals surface area (Å²) in [5.41, 5.74) is 4.27. The molecular formula is C12H19NS. The predicted octanol–water partition coefficient (Wildman–Crippen LogP) is 4.66. The van der Waals surface area contributed by atoms with E-state index in [2.05, 4.69) is 30.1 Å². The van der Waals surface area contributed by atoms with Crippen LogP contribution in [0.4, 0.5) is 0 Å². The molecule has 0 N–H and O–H groups in total. The SMILES string of the molecule is CC.CC.Cc1ccc2scnc2c1. The van der Waals surface area contributed by atoms with E-state index in [1.54, 1.807) is 11.3 Å². The van der Waals surface area contributed by atoms with Crippen LogP contribution in [0.1, 0.15) is 33.3 Å². The van der Waals surface area contributed by atoms with Crippen molar-refractivity contribution in [3.05, 3.63) is 29.3 Å². The van der Waals surface area contributed by atoms with Crippen LogP contribution < -0.4 is 0 Å². The zero-order chi connectivity index (χ0) is 11.0. The van der Waals surface area contributed by atoms with E-state index in [9.17, 15) is 0 Å². The summed E-state index contributed by atoms with van der Waals surface area (Å²) in [4.78, 5) is 4.20. The highest BCUT2D eigenvalue weighted by Gasteiger charge is 1.93. The molecule has 0 atom stereocenters. The number of benzene rings is 1. The first kappa shape index (κ1) is 13.1. The van der Waals surface area contributed by atoms with Gasteiger partial charge >= 0.3 is 0 Å². The first-order valence-corrected chi connectivity index (χ1v) is 6.04. The Morgan fingerprint density at radius 3 is 2.36 bits per heavy atom. The van der Waals surface area contributed by atoms with Crippen molar-refractivity contribution in [3.63, 3.8) is 0 Å². The molecule has 14 heavy (non-hydrogen) atoms. The summed E-state index contributed by atoms with van der Waals surface area (Å²) in [5, 5.41) is 0. The molecule has 0 saturated carbocycles. The summed E-state index contributed by atoms with van der Waals surface area (Å²) >= 11 is 1.68. The van der Waals surface area contributed by atoms with E-state index < -0.39 is 0 Å². The van der Waals surface area contributed by atoms with Crippen molar-refractivity contribution in [1.29, 1.82) is 0 Å². The van der Waals surface area contributed by atoms with Gasteiger partial charge < -0.3 is 0 Å². The average molecular weight is 209 g/mol. The van der Waals surface area contributed by atoms with E-state index in [1.165, 1.54) is 10.3 Å². The fourth-order valence-electron chi connectivity index (χ4n) is 0.968. The number of fused-ring (bicyclic) bond motifs is 1. The third kappa shape index (κ3) is 3.46. The van der Waals surface area contributed by atoms with Crippen molar-refractivity contribution in [2.45, 2.75) is 34.6 Å². The van der Waals surface area contributed by atoms with Crippen LogP contribution in [0.3, 0.4) is 0 Å². The maximum atomic E-state index is 4.20. The number of aromatic nitrogens is 1. The lowest BCUT2D eigenvalue weighted by molar-refractivity contribution is 1.45. The molecule has 0 spiro atoms. The highest BCUT2D eigenvalue weighted by molar-refractivity contribution is 7.16. The van der Waals surface area contributed by atoms with E-state index >= 15 is 0 Å². The van der Waals surface area contributed by atoms with Crippen LogP contribution in [0.2, 0.25) is 0 Å². The Labute approximate surface area is 90.8 Å². The van der Waals surface area contributed by atoms with E-state index in [0.29, 0.717) is 0 Å². The molecule has 0 bridgehead atoms. The lowest BCUT2D eigenvalue weighted by atomic mass is 10.2. The van der Waals surface area contributed by atoms with Gasteiger partial charge in [-0.1, -0.05) is 33.8 Å². The topological polar surface area (TPSA) is 12.9 Å². The van der Waals surface area contributed by atoms with Crippen LogP contribution in [-0.2, 0) is 0 Å². The standard InChI is InChI=1S/C8H7NS.2C2H6/c1-6-2-3-8-7(4-6)9-5-10-8;2*1-2/h2-5H,1H3;2*1-2H3. The van der Waals surface area contributed by atoms with Gasteiger partial charge in [-0.2, -0.15) is 0 Å². The number of nitrogens with zero attached hydrogens (tertiary/aromatic N) is 1. The summed E-state index contributed by atoms with van der Waals surface area (Å²) < 4.78 is 1.27. The molecule has 78 valence electrons. The van der Waals surface area contributed by atoms with Gasteiger partial charge in [-0.05, 0) is 24.6 Å². The fourth-order valence-corrected chi connectivity index (χ4v) is 1.63. The Morgan fingerprint density at radius 1 is 1.07 bits per heavy atom. The van der Waals surface area contributed by atoms with Gasteiger partial charge in [0.1, 0.15) is 0 Å². The molecule has 1 aromatic heterocycles. The Kier molecular flexibility index (Phi) is 7.03. The van der Waals surface area contributed by atoms with Crippen molar-refractivity contribution in [2.24, 2.45) is 0 Å². The van der Waals surface area contributed by atoms with Gasteiger partial charge in [0.25, 0.3) is 0 Å². The van der Waals surface area contributed by atoms with Gasteiger partial charge in [-0.25, -0.2) is 4.98 Å². The van der Waals surface area contributed by atoms with Gasteiger partial charge in [0.2, 0.25) is 0 Å². The maximum Gasteiger partial charge on any atom is 0.0814 e. The third-order valence-electron chi connectivity index (χ3n) is 1.49. The first-order valence-electron chi connectivity index (χ1n) is 5.16. The minimum atomic E-state index is 1.12. The van der Waals surface area contributed by atoms with E-state index in [-0.39, 0.29) is 0 Å². The largest absolute Gasteiger partial charge is 0.245 e. The van der Waals surface area contributed by atoms with Crippen molar-refractivity contribution < 1.29 is 0 Å². The number of rotatable bonds is 0. The molecule has 1 heterocycles. The van der Waals surface area contributed by atoms with Gasteiger partial charge in [0, 0.05) is 0 Å². The molecular weight excluding hydrogens is 190 g/mol. The number of hydrogen-bond donors (Lipinski definition) is 0. The summed E-state index contributed by atoms with van der Waals surface area (Å²) in [6, 6.07) is 6.33. The lowest BCUT2D eigenvalue weighted by Gasteiger charge is -1.88. The van der Waals surface area contributed by atoms with Crippen LogP contribution >= 0.6 is 11.3 Å². The molecule has 1 nitrogen and oxygen atoms in total. The molecule has 2 heteroatoms. The Hall–Kier alpha value is -0.890. The average Bonchev–Trinajstić information content (AvgIpc) is 2.71. The molecule has 2 aromatic rings. The minimum Gasteiger partial charge on any atom is -0.245 e. The molecule has 2 rings (SSSR count). The number of hydrogen-bond acceptors (Lipinski definition) is 2. The van der Waals surface area contributed by atoms with Gasteiger partial charge in [0.05, 0.1) is 15.7 Å². The second-order valence-corrected chi connectivity index (χ2v) is 3.21. The number of thiazole rings is 1.